The van der Waals surface area contributed by atoms with Gasteiger partial charge < -0.3 is 10.6 Å². The van der Waals surface area contributed by atoms with E-state index >= 15 is 0 Å². The molecule has 1 aromatic heterocycles. The standard InChI is InChI=1S/C12H11N5O3S/c1-13-11(19)15-8-5-3-2-4-7(8)10(18)16-12-14-6-9(17-20)21-12/h2-6H,1H3,(H2,13,15,19)(H,14,16,18)/p+1. The monoisotopic (exact) mass is 306 g/mol. The summed E-state index contributed by atoms with van der Waals surface area (Å²) in [5.74, 6) is -0.419. The quantitative estimate of drug-likeness (QED) is 0.750. The second-order valence-electron chi connectivity index (χ2n) is 3.85. The zero-order chi connectivity index (χ0) is 15.2. The number of urea groups is 1. The summed E-state index contributed by atoms with van der Waals surface area (Å²) in [6.07, 6.45) is 1.39. The van der Waals surface area contributed by atoms with Gasteiger partial charge >= 0.3 is 17.1 Å². The summed E-state index contributed by atoms with van der Waals surface area (Å²) in [5, 5.41) is 10.9. The van der Waals surface area contributed by atoms with E-state index in [2.05, 4.69) is 26.1 Å². The van der Waals surface area contributed by atoms with Crippen molar-refractivity contribution in [1.82, 2.24) is 5.32 Å². The lowest BCUT2D eigenvalue weighted by Crippen LogP contribution is -2.26. The average molecular weight is 306 g/mol. The van der Waals surface area contributed by atoms with Gasteiger partial charge in [0.05, 0.1) is 11.3 Å². The van der Waals surface area contributed by atoms with Crippen LogP contribution in [0.15, 0.2) is 35.6 Å². The minimum absolute atomic E-state index is 0.224. The highest BCUT2D eigenvalue weighted by Gasteiger charge is 2.19. The molecule has 1 heterocycles. The molecule has 9 heteroatoms. The van der Waals surface area contributed by atoms with Crippen LogP contribution in [-0.2, 0) is 0 Å². The summed E-state index contributed by atoms with van der Waals surface area (Å²) in [7, 11) is 1.48. The molecule has 0 aliphatic carbocycles. The van der Waals surface area contributed by atoms with Crippen molar-refractivity contribution in [1.29, 1.82) is 0 Å². The van der Waals surface area contributed by atoms with E-state index in [1.54, 1.807) is 24.3 Å². The zero-order valence-electron chi connectivity index (χ0n) is 11.0. The van der Waals surface area contributed by atoms with Crippen molar-refractivity contribution in [2.45, 2.75) is 0 Å². The molecule has 0 saturated carbocycles. The fourth-order valence-corrected chi connectivity index (χ4v) is 2.17. The predicted molar refractivity (Wildman–Crippen MR) is 78.8 cm³/mol. The van der Waals surface area contributed by atoms with Gasteiger partial charge in [0.1, 0.15) is 6.20 Å². The molecule has 2 aromatic rings. The molecule has 3 amide bonds. The van der Waals surface area contributed by atoms with E-state index < -0.39 is 11.9 Å². The second kappa shape index (κ2) is 6.57. The normalized spacial score (nSPS) is 9.76. The van der Waals surface area contributed by atoms with Crippen LogP contribution < -0.4 is 20.9 Å². The van der Waals surface area contributed by atoms with Crippen molar-refractivity contribution in [2.24, 2.45) is 5.18 Å². The molecule has 2 rings (SSSR count). The highest BCUT2D eigenvalue weighted by atomic mass is 32.1. The number of carbonyl (C=O) groups excluding carboxylic acids is 2. The van der Waals surface area contributed by atoms with Gasteiger partial charge in [-0.25, -0.2) is 14.6 Å². The van der Waals surface area contributed by atoms with Crippen LogP contribution >= 0.6 is 11.3 Å². The van der Waals surface area contributed by atoms with Gasteiger partial charge in [-0.3, -0.25) is 0 Å². The van der Waals surface area contributed by atoms with Crippen LogP contribution in [0.2, 0.25) is 0 Å². The van der Waals surface area contributed by atoms with E-state index in [-0.39, 0.29) is 5.00 Å². The van der Waals surface area contributed by atoms with Crippen LogP contribution in [0.3, 0.4) is 0 Å². The molecule has 0 saturated heterocycles. The second-order valence-corrected chi connectivity index (χ2v) is 4.88. The molecule has 0 aliphatic rings. The number of aromatic nitrogens is 1. The molecule has 0 fully saturated rings. The Hall–Kier alpha value is -2.81. The molecule has 0 radical (unpaired) electrons. The number of aromatic amines is 1. The number of benzene rings is 1. The Labute approximate surface area is 123 Å². The number of nitroso groups, excluding NO2 is 1. The third kappa shape index (κ3) is 3.60. The number of nitrogens with one attached hydrogen (secondary N) is 4. The molecule has 0 unspecified atom stereocenters. The van der Waals surface area contributed by atoms with Crippen LogP contribution in [0.25, 0.3) is 0 Å². The Morgan fingerprint density at radius 3 is 2.67 bits per heavy atom. The summed E-state index contributed by atoms with van der Waals surface area (Å²) >= 11 is 1.01. The van der Waals surface area contributed by atoms with E-state index in [1.165, 1.54) is 13.2 Å². The molecule has 0 atom stereocenters. The first-order valence-corrected chi connectivity index (χ1v) is 6.69. The van der Waals surface area contributed by atoms with E-state index in [9.17, 15) is 14.5 Å². The van der Waals surface area contributed by atoms with Gasteiger partial charge in [0.2, 0.25) is 5.00 Å². The number of hydrogen-bond acceptors (Lipinski definition) is 5. The zero-order valence-corrected chi connectivity index (χ0v) is 11.8. The molecule has 8 nitrogen and oxygen atoms in total. The summed E-state index contributed by atoms with van der Waals surface area (Å²) in [4.78, 5) is 36.6. The Morgan fingerprint density at radius 2 is 2.00 bits per heavy atom. The van der Waals surface area contributed by atoms with Crippen LogP contribution in [0.5, 0.6) is 0 Å². The van der Waals surface area contributed by atoms with E-state index in [0.29, 0.717) is 16.4 Å². The molecule has 0 spiro atoms. The first-order chi connectivity index (χ1) is 10.1. The fraction of sp³-hybridized carbons (Fsp3) is 0.0833. The highest BCUT2D eigenvalue weighted by Crippen LogP contribution is 2.23. The third-order valence-corrected chi connectivity index (χ3v) is 3.32. The number of thiazole rings is 1. The van der Waals surface area contributed by atoms with Crippen LogP contribution in [0.1, 0.15) is 10.4 Å². The summed E-state index contributed by atoms with van der Waals surface area (Å²) in [5.41, 5.74) is 0.670. The van der Waals surface area contributed by atoms with Gasteiger partial charge in [0, 0.05) is 7.05 Å². The molecule has 0 bridgehead atoms. The number of hydrogen-bond donors (Lipinski definition) is 3. The molecule has 21 heavy (non-hydrogen) atoms. The van der Waals surface area contributed by atoms with Crippen molar-refractivity contribution in [3.63, 3.8) is 0 Å². The summed E-state index contributed by atoms with van der Waals surface area (Å²) in [6, 6.07) is 6.15. The highest BCUT2D eigenvalue weighted by molar-refractivity contribution is 7.18. The largest absolute Gasteiger partial charge is 0.341 e. The Balaban J connectivity index is 2.18. The SMILES string of the molecule is CNC(=O)Nc1ccccc1C(=O)Nc1[nH+]cc(N=O)s1. The molecule has 0 aliphatic heterocycles. The predicted octanol–water partition coefficient (Wildman–Crippen LogP) is 1.96. The maximum Gasteiger partial charge on any atom is 0.341 e. The maximum atomic E-state index is 12.2. The number of amides is 3. The Bertz CT molecular complexity index is 685. The summed E-state index contributed by atoms with van der Waals surface area (Å²) < 4.78 is 0. The van der Waals surface area contributed by atoms with Gasteiger partial charge in [-0.1, -0.05) is 12.1 Å². The minimum Gasteiger partial charge on any atom is -0.341 e. The van der Waals surface area contributed by atoms with Gasteiger partial charge in [-0.15, -0.1) is 4.91 Å². The van der Waals surface area contributed by atoms with E-state index in [4.69, 9.17) is 0 Å². The number of anilines is 2. The van der Waals surface area contributed by atoms with Gasteiger partial charge in [-0.05, 0) is 28.6 Å². The van der Waals surface area contributed by atoms with Crippen molar-refractivity contribution < 1.29 is 14.6 Å². The number of nitrogens with zero attached hydrogens (tertiary/aromatic N) is 1. The lowest BCUT2D eigenvalue weighted by atomic mass is 10.1. The number of H-pyrrole nitrogens is 1. The minimum atomic E-state index is -0.426. The molecular formula is C12H12N5O3S+. The number of para-hydroxylation sites is 1. The molecule has 108 valence electrons. The van der Waals surface area contributed by atoms with Crippen molar-refractivity contribution in [3.05, 3.63) is 40.9 Å². The first kappa shape index (κ1) is 14.6. The lowest BCUT2D eigenvalue weighted by Gasteiger charge is -2.07. The topological polar surface area (TPSA) is 114 Å². The van der Waals surface area contributed by atoms with Crippen LogP contribution in [0, 0.1) is 4.91 Å². The van der Waals surface area contributed by atoms with Gasteiger partial charge in [0.15, 0.2) is 0 Å². The van der Waals surface area contributed by atoms with Crippen molar-refractivity contribution in [3.8, 4) is 0 Å². The molecule has 1 aromatic carbocycles. The fourth-order valence-electron chi connectivity index (χ4n) is 1.54. The van der Waals surface area contributed by atoms with Crippen molar-refractivity contribution in [2.75, 3.05) is 17.7 Å². The van der Waals surface area contributed by atoms with Gasteiger partial charge in [-0.2, -0.15) is 5.32 Å². The summed E-state index contributed by atoms with van der Waals surface area (Å²) in [6.45, 7) is 0. The van der Waals surface area contributed by atoms with Gasteiger partial charge in [0.25, 0.3) is 0 Å². The third-order valence-electron chi connectivity index (χ3n) is 2.50. The number of rotatable bonds is 4. The lowest BCUT2D eigenvalue weighted by molar-refractivity contribution is -0.353. The smallest absolute Gasteiger partial charge is 0.341 e. The van der Waals surface area contributed by atoms with Crippen LogP contribution in [0.4, 0.5) is 20.6 Å². The average Bonchev–Trinajstić information content (AvgIpc) is 2.95. The number of carbonyl (C=O) groups is 2. The molecular weight excluding hydrogens is 294 g/mol. The Kier molecular flexibility index (Phi) is 4.57. The van der Waals surface area contributed by atoms with Crippen molar-refractivity contribution >= 4 is 39.1 Å². The van der Waals surface area contributed by atoms with E-state index in [0.717, 1.165) is 11.3 Å². The first-order valence-electron chi connectivity index (χ1n) is 5.88. The Morgan fingerprint density at radius 1 is 1.24 bits per heavy atom. The molecule has 4 N–H and O–H groups in total. The maximum absolute atomic E-state index is 12.2. The van der Waals surface area contributed by atoms with E-state index in [1.807, 2.05) is 0 Å². The van der Waals surface area contributed by atoms with Crippen LogP contribution in [-0.4, -0.2) is 19.0 Å².